The molecule has 0 bridgehead atoms. The van der Waals surface area contributed by atoms with Crippen molar-refractivity contribution in [2.45, 2.75) is 51.6 Å². The zero-order valence-corrected chi connectivity index (χ0v) is 15.0. The van der Waals surface area contributed by atoms with Crippen molar-refractivity contribution in [3.8, 4) is 0 Å². The fourth-order valence-corrected chi connectivity index (χ4v) is 4.30. The van der Waals surface area contributed by atoms with Gasteiger partial charge in [-0.2, -0.15) is 11.8 Å². The summed E-state index contributed by atoms with van der Waals surface area (Å²) in [6.07, 6.45) is 5.86. The van der Waals surface area contributed by atoms with E-state index in [0.29, 0.717) is 6.04 Å². The van der Waals surface area contributed by atoms with Gasteiger partial charge in [0.05, 0.1) is 0 Å². The topological polar surface area (TPSA) is 32.5 Å². The Morgan fingerprint density at radius 3 is 2.30 bits per heavy atom. The second kappa shape index (κ2) is 8.62. The zero-order valence-electron chi connectivity index (χ0n) is 14.2. The predicted octanol–water partition coefficient (Wildman–Crippen LogP) is 2.51. The molecule has 120 valence electrons. The van der Waals surface area contributed by atoms with E-state index in [1.807, 2.05) is 11.8 Å². The molecule has 1 aliphatic rings. The summed E-state index contributed by atoms with van der Waals surface area (Å²) in [7, 11) is 2.30. The molecule has 20 heavy (non-hydrogen) atoms. The number of hydrogen-bond acceptors (Lipinski definition) is 4. The van der Waals surface area contributed by atoms with E-state index in [1.165, 1.54) is 44.6 Å². The molecule has 1 fully saturated rings. The highest BCUT2D eigenvalue weighted by atomic mass is 32.2. The standard InChI is InChI=1S/C16H35N3S/c1-6-15(12-20-5)18(4)16(13-17)7-9-19(10-8-16)11-14(2)3/h14-15H,6-13,17H2,1-5H3. The van der Waals surface area contributed by atoms with Gasteiger partial charge in [0.2, 0.25) is 0 Å². The Morgan fingerprint density at radius 1 is 1.30 bits per heavy atom. The van der Waals surface area contributed by atoms with Crippen LogP contribution >= 0.6 is 11.8 Å². The fraction of sp³-hybridized carbons (Fsp3) is 1.00. The van der Waals surface area contributed by atoms with Gasteiger partial charge in [-0.1, -0.05) is 20.8 Å². The van der Waals surface area contributed by atoms with Gasteiger partial charge in [-0.15, -0.1) is 0 Å². The molecule has 1 unspecified atom stereocenters. The van der Waals surface area contributed by atoms with Crippen molar-refractivity contribution < 1.29 is 0 Å². The largest absolute Gasteiger partial charge is 0.329 e. The lowest BCUT2D eigenvalue weighted by molar-refractivity contribution is 0.0186. The summed E-state index contributed by atoms with van der Waals surface area (Å²) >= 11 is 1.95. The van der Waals surface area contributed by atoms with Crippen LogP contribution in [0.1, 0.15) is 40.0 Å². The third kappa shape index (κ3) is 4.62. The van der Waals surface area contributed by atoms with Crippen LogP contribution in [0.15, 0.2) is 0 Å². The van der Waals surface area contributed by atoms with Crippen LogP contribution in [-0.2, 0) is 0 Å². The zero-order chi connectivity index (χ0) is 15.2. The number of thioether (sulfide) groups is 1. The maximum atomic E-state index is 6.21. The third-order valence-electron chi connectivity index (χ3n) is 4.92. The van der Waals surface area contributed by atoms with E-state index in [0.717, 1.165) is 12.5 Å². The first-order valence-electron chi connectivity index (χ1n) is 8.13. The molecule has 0 aromatic heterocycles. The van der Waals surface area contributed by atoms with Gasteiger partial charge in [-0.05, 0) is 51.6 Å². The molecule has 0 aromatic carbocycles. The molecule has 2 N–H and O–H groups in total. The quantitative estimate of drug-likeness (QED) is 0.747. The number of hydrogen-bond donors (Lipinski definition) is 1. The number of nitrogens with zero attached hydrogens (tertiary/aromatic N) is 2. The number of piperidine rings is 1. The van der Waals surface area contributed by atoms with Gasteiger partial charge in [0.15, 0.2) is 0 Å². The van der Waals surface area contributed by atoms with Gasteiger partial charge in [0.25, 0.3) is 0 Å². The third-order valence-corrected chi connectivity index (χ3v) is 5.63. The van der Waals surface area contributed by atoms with Crippen LogP contribution in [0.3, 0.4) is 0 Å². The van der Waals surface area contributed by atoms with Crippen molar-refractivity contribution in [3.63, 3.8) is 0 Å². The lowest BCUT2D eigenvalue weighted by Crippen LogP contribution is -2.61. The molecular formula is C16H35N3S. The van der Waals surface area contributed by atoms with Crippen molar-refractivity contribution in [1.29, 1.82) is 0 Å². The maximum absolute atomic E-state index is 6.21. The van der Waals surface area contributed by atoms with E-state index in [1.54, 1.807) is 0 Å². The van der Waals surface area contributed by atoms with Crippen LogP contribution in [0.5, 0.6) is 0 Å². The van der Waals surface area contributed by atoms with E-state index >= 15 is 0 Å². The molecule has 0 amide bonds. The Hall–Kier alpha value is 0.230. The summed E-state index contributed by atoms with van der Waals surface area (Å²) in [5, 5.41) is 0. The number of rotatable bonds is 8. The molecule has 4 heteroatoms. The van der Waals surface area contributed by atoms with Gasteiger partial charge in [-0.3, -0.25) is 4.90 Å². The van der Waals surface area contributed by atoms with Gasteiger partial charge in [0, 0.05) is 30.4 Å². The van der Waals surface area contributed by atoms with Crippen molar-refractivity contribution in [2.24, 2.45) is 11.7 Å². The van der Waals surface area contributed by atoms with E-state index in [9.17, 15) is 0 Å². The molecule has 1 aliphatic heterocycles. The Labute approximate surface area is 130 Å². The lowest BCUT2D eigenvalue weighted by Gasteiger charge is -2.50. The molecular weight excluding hydrogens is 266 g/mol. The highest BCUT2D eigenvalue weighted by Crippen LogP contribution is 2.30. The summed E-state index contributed by atoms with van der Waals surface area (Å²) in [5.41, 5.74) is 6.43. The summed E-state index contributed by atoms with van der Waals surface area (Å²) < 4.78 is 0. The van der Waals surface area contributed by atoms with E-state index in [-0.39, 0.29) is 5.54 Å². The average molecular weight is 302 g/mol. The van der Waals surface area contributed by atoms with Crippen LogP contribution in [0.4, 0.5) is 0 Å². The molecule has 1 saturated heterocycles. The SMILES string of the molecule is CCC(CSC)N(C)C1(CN)CCN(CC(C)C)CC1. The van der Waals surface area contributed by atoms with Crippen LogP contribution in [-0.4, -0.2) is 66.6 Å². The minimum atomic E-state index is 0.226. The molecule has 1 atom stereocenters. The Kier molecular flexibility index (Phi) is 7.88. The minimum Gasteiger partial charge on any atom is -0.329 e. The molecule has 0 saturated carbocycles. The van der Waals surface area contributed by atoms with E-state index in [4.69, 9.17) is 5.73 Å². The second-order valence-electron chi connectivity index (χ2n) is 6.75. The number of likely N-dealkylation sites (N-methyl/N-ethyl adjacent to an activating group) is 1. The minimum absolute atomic E-state index is 0.226. The van der Waals surface area contributed by atoms with Gasteiger partial charge in [-0.25, -0.2) is 0 Å². The highest BCUT2D eigenvalue weighted by molar-refractivity contribution is 7.98. The fourth-order valence-electron chi connectivity index (χ4n) is 3.45. The van der Waals surface area contributed by atoms with Crippen molar-refractivity contribution in [3.05, 3.63) is 0 Å². The normalized spacial score (nSPS) is 21.6. The van der Waals surface area contributed by atoms with Gasteiger partial charge in [0.1, 0.15) is 0 Å². The van der Waals surface area contributed by atoms with Crippen molar-refractivity contribution >= 4 is 11.8 Å². The van der Waals surface area contributed by atoms with Crippen LogP contribution in [0.2, 0.25) is 0 Å². The summed E-state index contributed by atoms with van der Waals surface area (Å²) in [6, 6.07) is 0.658. The van der Waals surface area contributed by atoms with Gasteiger partial charge < -0.3 is 10.6 Å². The first kappa shape index (κ1) is 18.3. The summed E-state index contributed by atoms with van der Waals surface area (Å²) in [6.45, 7) is 11.3. The molecule has 1 heterocycles. The van der Waals surface area contributed by atoms with E-state index in [2.05, 4.69) is 43.9 Å². The molecule has 0 aliphatic carbocycles. The van der Waals surface area contributed by atoms with Gasteiger partial charge >= 0.3 is 0 Å². The molecule has 1 rings (SSSR count). The number of likely N-dealkylation sites (tertiary alicyclic amines) is 1. The number of nitrogens with two attached hydrogens (primary N) is 1. The summed E-state index contributed by atoms with van der Waals surface area (Å²) in [5.74, 6) is 1.97. The van der Waals surface area contributed by atoms with Crippen molar-refractivity contribution in [2.75, 3.05) is 45.2 Å². The van der Waals surface area contributed by atoms with Crippen molar-refractivity contribution in [1.82, 2.24) is 9.80 Å². The Morgan fingerprint density at radius 2 is 1.90 bits per heavy atom. The average Bonchev–Trinajstić information content (AvgIpc) is 2.44. The molecule has 0 spiro atoms. The predicted molar refractivity (Wildman–Crippen MR) is 92.5 cm³/mol. The monoisotopic (exact) mass is 301 g/mol. The van der Waals surface area contributed by atoms with Crippen LogP contribution in [0, 0.1) is 5.92 Å². The Balaban J connectivity index is 2.65. The molecule has 0 radical (unpaired) electrons. The van der Waals surface area contributed by atoms with E-state index < -0.39 is 0 Å². The Bertz CT molecular complexity index is 262. The van der Waals surface area contributed by atoms with Crippen LogP contribution < -0.4 is 5.73 Å². The lowest BCUT2D eigenvalue weighted by atomic mass is 9.84. The smallest absolute Gasteiger partial charge is 0.0356 e. The first-order chi connectivity index (χ1) is 9.49. The molecule has 3 nitrogen and oxygen atoms in total. The first-order valence-corrected chi connectivity index (χ1v) is 9.52. The summed E-state index contributed by atoms with van der Waals surface area (Å²) in [4.78, 5) is 5.22. The second-order valence-corrected chi connectivity index (χ2v) is 7.66. The highest BCUT2D eigenvalue weighted by Gasteiger charge is 2.39. The maximum Gasteiger partial charge on any atom is 0.0356 e. The molecule has 0 aromatic rings. The van der Waals surface area contributed by atoms with Crippen LogP contribution in [0.25, 0.3) is 0 Å².